The number of carboxylic acids is 1. The van der Waals surface area contributed by atoms with E-state index in [2.05, 4.69) is 11.1 Å². The summed E-state index contributed by atoms with van der Waals surface area (Å²) in [7, 11) is 1.62. The lowest BCUT2D eigenvalue weighted by Gasteiger charge is -2.10. The summed E-state index contributed by atoms with van der Waals surface area (Å²) in [6.45, 7) is 0.220. The lowest BCUT2D eigenvalue weighted by molar-refractivity contribution is -0.121. The summed E-state index contributed by atoms with van der Waals surface area (Å²) in [5.41, 5.74) is 2.61. The Balaban J connectivity index is 1.58. The van der Waals surface area contributed by atoms with Gasteiger partial charge in [-0.3, -0.25) is 9.69 Å². The van der Waals surface area contributed by atoms with Gasteiger partial charge in [0.25, 0.3) is 5.91 Å². The van der Waals surface area contributed by atoms with Gasteiger partial charge < -0.3 is 9.84 Å². The molecule has 1 aliphatic heterocycles. The van der Waals surface area contributed by atoms with Crippen LogP contribution in [-0.2, 0) is 11.4 Å². The standard InChI is InChI=1S/C26H19N3O4S/c1-29-24(30)23(34-26(29)28-21-11-6-10-18(13-21)25(31)32)14-17-7-4-5-12-22(17)33-16-20-9-3-2-8-19(20)15-27/h2-14H,16H2,1H3,(H,31,32)/b23-14-,28-26?. The van der Waals surface area contributed by atoms with Crippen LogP contribution in [0.1, 0.15) is 27.0 Å². The molecule has 1 N–H and O–H groups in total. The summed E-state index contributed by atoms with van der Waals surface area (Å²) in [5.74, 6) is -0.679. The van der Waals surface area contributed by atoms with Crippen molar-refractivity contribution in [1.82, 2.24) is 4.90 Å². The molecule has 8 heteroatoms. The van der Waals surface area contributed by atoms with Crippen molar-refractivity contribution in [2.45, 2.75) is 6.61 Å². The van der Waals surface area contributed by atoms with E-state index in [4.69, 9.17) is 4.74 Å². The molecule has 1 amide bonds. The SMILES string of the molecule is CN1C(=O)/C(=C/c2ccccc2OCc2ccccc2C#N)SC1=Nc1cccc(C(=O)O)c1. The largest absolute Gasteiger partial charge is 0.488 e. The highest BCUT2D eigenvalue weighted by atomic mass is 32.2. The fourth-order valence-electron chi connectivity index (χ4n) is 3.25. The molecule has 3 aromatic carbocycles. The number of likely N-dealkylation sites (N-methyl/N-ethyl adjacent to an activating group) is 1. The number of aliphatic imine (C=N–C) groups is 1. The third kappa shape index (κ3) is 5.00. The molecular weight excluding hydrogens is 450 g/mol. The molecule has 34 heavy (non-hydrogen) atoms. The first-order valence-corrected chi connectivity index (χ1v) is 11.1. The molecule has 0 spiro atoms. The second-order valence-corrected chi connectivity index (χ2v) is 8.33. The fourth-order valence-corrected chi connectivity index (χ4v) is 4.23. The van der Waals surface area contributed by atoms with Crippen molar-refractivity contribution in [1.29, 1.82) is 5.26 Å². The van der Waals surface area contributed by atoms with E-state index in [1.54, 1.807) is 37.4 Å². The highest BCUT2D eigenvalue weighted by Crippen LogP contribution is 2.35. The minimum atomic E-state index is -1.04. The zero-order chi connectivity index (χ0) is 24.1. The summed E-state index contributed by atoms with van der Waals surface area (Å²) in [6, 6.07) is 23.0. The molecule has 1 saturated heterocycles. The quantitative estimate of drug-likeness (QED) is 0.506. The Morgan fingerprint density at radius 3 is 2.71 bits per heavy atom. The maximum Gasteiger partial charge on any atom is 0.335 e. The lowest BCUT2D eigenvalue weighted by atomic mass is 10.1. The van der Waals surface area contributed by atoms with Crippen molar-refractivity contribution in [3.05, 3.63) is 100.0 Å². The van der Waals surface area contributed by atoms with Crippen LogP contribution in [0.2, 0.25) is 0 Å². The van der Waals surface area contributed by atoms with Gasteiger partial charge in [-0.25, -0.2) is 9.79 Å². The van der Waals surface area contributed by atoms with Crippen molar-refractivity contribution in [3.8, 4) is 11.8 Å². The molecule has 1 heterocycles. The third-order valence-corrected chi connectivity index (χ3v) is 6.11. The number of nitrogens with zero attached hydrogens (tertiary/aromatic N) is 3. The number of benzene rings is 3. The monoisotopic (exact) mass is 469 g/mol. The number of amidine groups is 1. The Bertz CT molecular complexity index is 1370. The predicted molar refractivity (Wildman–Crippen MR) is 131 cm³/mol. The van der Waals surface area contributed by atoms with E-state index in [9.17, 15) is 20.0 Å². The molecule has 0 saturated carbocycles. The number of para-hydroxylation sites is 1. The van der Waals surface area contributed by atoms with Gasteiger partial charge in [-0.05, 0) is 48.2 Å². The van der Waals surface area contributed by atoms with Crippen LogP contribution in [0.5, 0.6) is 5.75 Å². The van der Waals surface area contributed by atoms with Crippen LogP contribution in [0.4, 0.5) is 5.69 Å². The number of nitriles is 1. The van der Waals surface area contributed by atoms with Gasteiger partial charge in [-0.2, -0.15) is 5.26 Å². The molecule has 0 bridgehead atoms. The Hall–Kier alpha value is -4.35. The van der Waals surface area contributed by atoms with Crippen molar-refractivity contribution in [3.63, 3.8) is 0 Å². The number of aromatic carboxylic acids is 1. The first-order valence-electron chi connectivity index (χ1n) is 10.3. The highest BCUT2D eigenvalue weighted by Gasteiger charge is 2.30. The van der Waals surface area contributed by atoms with Crippen LogP contribution < -0.4 is 4.74 Å². The van der Waals surface area contributed by atoms with Gasteiger partial charge in [-0.1, -0.05) is 42.5 Å². The number of carbonyl (C=O) groups is 2. The zero-order valence-corrected chi connectivity index (χ0v) is 19.0. The van der Waals surface area contributed by atoms with Crippen LogP contribution in [0.3, 0.4) is 0 Å². The summed E-state index contributed by atoms with van der Waals surface area (Å²) in [6.07, 6.45) is 1.74. The molecule has 0 atom stereocenters. The molecular formula is C26H19N3O4S. The molecule has 1 aliphatic rings. The number of carbonyl (C=O) groups excluding carboxylic acids is 1. The van der Waals surface area contributed by atoms with Crippen molar-refractivity contribution in [2.24, 2.45) is 4.99 Å². The maximum absolute atomic E-state index is 12.8. The van der Waals surface area contributed by atoms with E-state index in [0.717, 1.165) is 11.1 Å². The third-order valence-electron chi connectivity index (χ3n) is 5.05. The second-order valence-electron chi connectivity index (χ2n) is 7.32. The van der Waals surface area contributed by atoms with Gasteiger partial charge in [0.2, 0.25) is 0 Å². The first kappa shape index (κ1) is 22.8. The van der Waals surface area contributed by atoms with Crippen LogP contribution >= 0.6 is 11.8 Å². The smallest absolute Gasteiger partial charge is 0.335 e. The number of ether oxygens (including phenoxy) is 1. The van der Waals surface area contributed by atoms with Gasteiger partial charge in [0.1, 0.15) is 12.4 Å². The first-order chi connectivity index (χ1) is 16.5. The van der Waals surface area contributed by atoms with Crippen LogP contribution in [-0.4, -0.2) is 34.1 Å². The van der Waals surface area contributed by atoms with Crippen LogP contribution in [0.15, 0.2) is 82.7 Å². The minimum absolute atomic E-state index is 0.124. The highest BCUT2D eigenvalue weighted by molar-refractivity contribution is 8.18. The average Bonchev–Trinajstić information content (AvgIpc) is 3.11. The van der Waals surface area contributed by atoms with Crippen LogP contribution in [0, 0.1) is 11.3 Å². The summed E-state index contributed by atoms with van der Waals surface area (Å²) in [5, 5.41) is 18.9. The molecule has 0 aromatic heterocycles. The fraction of sp³-hybridized carbons (Fsp3) is 0.0769. The number of carboxylic acid groups (broad SMARTS) is 1. The van der Waals surface area contributed by atoms with E-state index in [1.807, 2.05) is 36.4 Å². The van der Waals surface area contributed by atoms with E-state index in [1.165, 1.54) is 28.8 Å². The van der Waals surface area contributed by atoms with Gasteiger partial charge >= 0.3 is 5.97 Å². The average molecular weight is 470 g/mol. The summed E-state index contributed by atoms with van der Waals surface area (Å²) < 4.78 is 5.98. The number of amides is 1. The van der Waals surface area contributed by atoms with Gasteiger partial charge in [0.05, 0.1) is 27.8 Å². The molecule has 168 valence electrons. The normalized spacial score (nSPS) is 15.5. The lowest BCUT2D eigenvalue weighted by Crippen LogP contribution is -2.23. The molecule has 4 rings (SSSR count). The Morgan fingerprint density at radius 1 is 1.15 bits per heavy atom. The van der Waals surface area contributed by atoms with E-state index < -0.39 is 5.97 Å². The van der Waals surface area contributed by atoms with E-state index in [0.29, 0.717) is 27.1 Å². The Kier molecular flexibility index (Phi) is 6.76. The Labute approximate surface area is 200 Å². The van der Waals surface area contributed by atoms with Crippen LogP contribution in [0.25, 0.3) is 6.08 Å². The predicted octanol–water partition coefficient (Wildman–Crippen LogP) is 5.07. The zero-order valence-electron chi connectivity index (χ0n) is 18.1. The number of hydrogen-bond donors (Lipinski definition) is 1. The summed E-state index contributed by atoms with van der Waals surface area (Å²) >= 11 is 1.20. The second kappa shape index (κ2) is 10.1. The van der Waals surface area contributed by atoms with E-state index >= 15 is 0 Å². The van der Waals surface area contributed by atoms with Gasteiger partial charge in [-0.15, -0.1) is 0 Å². The van der Waals surface area contributed by atoms with Crippen molar-refractivity contribution < 1.29 is 19.4 Å². The minimum Gasteiger partial charge on any atom is -0.488 e. The molecule has 1 fully saturated rings. The number of hydrogen-bond acceptors (Lipinski definition) is 6. The molecule has 0 aliphatic carbocycles. The molecule has 0 radical (unpaired) electrons. The Morgan fingerprint density at radius 2 is 1.91 bits per heavy atom. The van der Waals surface area contributed by atoms with Crippen molar-refractivity contribution >= 4 is 40.6 Å². The molecule has 7 nitrogen and oxygen atoms in total. The molecule has 3 aromatic rings. The summed E-state index contributed by atoms with van der Waals surface area (Å²) in [4.78, 5) is 30.4. The van der Waals surface area contributed by atoms with Gasteiger partial charge in [0, 0.05) is 18.2 Å². The number of thioether (sulfide) groups is 1. The topological polar surface area (TPSA) is 103 Å². The maximum atomic E-state index is 12.8. The molecule has 0 unspecified atom stereocenters. The van der Waals surface area contributed by atoms with Crippen molar-refractivity contribution in [2.75, 3.05) is 7.05 Å². The van der Waals surface area contributed by atoms with E-state index in [-0.39, 0.29) is 18.1 Å². The van der Waals surface area contributed by atoms with Gasteiger partial charge in [0.15, 0.2) is 5.17 Å². The number of rotatable bonds is 6.